The van der Waals surface area contributed by atoms with E-state index in [2.05, 4.69) is 4.98 Å². The monoisotopic (exact) mass is 291 g/mol. The van der Waals surface area contributed by atoms with Crippen molar-refractivity contribution in [3.63, 3.8) is 0 Å². The number of carbonyl (C=O) groups excluding carboxylic acids is 1. The van der Waals surface area contributed by atoms with Gasteiger partial charge in [0.25, 0.3) is 0 Å². The summed E-state index contributed by atoms with van der Waals surface area (Å²) >= 11 is 6.08. The van der Waals surface area contributed by atoms with Gasteiger partial charge >= 0.3 is 0 Å². The third-order valence-corrected chi connectivity index (χ3v) is 3.44. The number of hydrogen-bond acceptors (Lipinski definition) is 1. The van der Waals surface area contributed by atoms with Crippen molar-refractivity contribution in [2.24, 2.45) is 0 Å². The Bertz CT molecular complexity index is 826. The van der Waals surface area contributed by atoms with E-state index in [1.54, 1.807) is 24.3 Å². The summed E-state index contributed by atoms with van der Waals surface area (Å²) in [5, 5.41) is 0.486. The van der Waals surface area contributed by atoms with Gasteiger partial charge in [-0.1, -0.05) is 29.8 Å². The minimum Gasteiger partial charge on any atom is -0.354 e. The van der Waals surface area contributed by atoms with Crippen LogP contribution in [0.1, 0.15) is 10.4 Å². The summed E-state index contributed by atoms with van der Waals surface area (Å²) in [6.07, 6.45) is 0.540. The van der Waals surface area contributed by atoms with Crippen molar-refractivity contribution in [2.75, 3.05) is 0 Å². The highest BCUT2D eigenvalue weighted by molar-refractivity contribution is 6.33. The summed E-state index contributed by atoms with van der Waals surface area (Å²) in [7, 11) is 0. The SMILES string of the molecule is O=Cc1c(-c2ccccc2Cl)[nH]c2cc(F)cc(F)c12. The molecule has 1 aromatic heterocycles. The van der Waals surface area contributed by atoms with Crippen LogP contribution < -0.4 is 0 Å². The predicted molar refractivity (Wildman–Crippen MR) is 74.0 cm³/mol. The molecule has 2 nitrogen and oxygen atoms in total. The van der Waals surface area contributed by atoms with Crippen LogP contribution in [-0.4, -0.2) is 11.3 Å². The van der Waals surface area contributed by atoms with Gasteiger partial charge in [0.2, 0.25) is 0 Å². The van der Waals surface area contributed by atoms with Crippen molar-refractivity contribution in [2.45, 2.75) is 0 Å². The van der Waals surface area contributed by atoms with Crippen molar-refractivity contribution in [3.8, 4) is 11.3 Å². The fourth-order valence-electron chi connectivity index (χ4n) is 2.27. The molecule has 2 aromatic carbocycles. The predicted octanol–water partition coefficient (Wildman–Crippen LogP) is 4.58. The number of H-pyrrole nitrogens is 1. The molecule has 0 saturated carbocycles. The van der Waals surface area contributed by atoms with Gasteiger partial charge in [-0.15, -0.1) is 0 Å². The number of benzene rings is 2. The second kappa shape index (κ2) is 4.72. The minimum absolute atomic E-state index is 0.0660. The Morgan fingerprint density at radius 1 is 1.15 bits per heavy atom. The standard InChI is InChI=1S/C15H8ClF2NO/c16-11-4-2-1-3-9(11)15-10(7-20)14-12(18)5-8(17)6-13(14)19-15/h1-7,19H. The van der Waals surface area contributed by atoms with Crippen LogP contribution >= 0.6 is 11.6 Å². The van der Waals surface area contributed by atoms with Crippen LogP contribution in [0.4, 0.5) is 8.78 Å². The number of hydrogen-bond donors (Lipinski definition) is 1. The smallest absolute Gasteiger partial charge is 0.152 e. The van der Waals surface area contributed by atoms with Crippen LogP contribution in [0.2, 0.25) is 5.02 Å². The Hall–Kier alpha value is -2.20. The number of aromatic amines is 1. The maximum absolute atomic E-state index is 13.9. The Labute approximate surface area is 118 Å². The average Bonchev–Trinajstić information content (AvgIpc) is 2.77. The highest BCUT2D eigenvalue weighted by Gasteiger charge is 2.18. The quantitative estimate of drug-likeness (QED) is 0.689. The first kappa shape index (κ1) is 12.8. The van der Waals surface area contributed by atoms with Gasteiger partial charge in [-0.05, 0) is 12.1 Å². The molecule has 3 aromatic rings. The fraction of sp³-hybridized carbons (Fsp3) is 0. The molecule has 5 heteroatoms. The average molecular weight is 292 g/mol. The topological polar surface area (TPSA) is 32.9 Å². The van der Waals surface area contributed by atoms with Gasteiger partial charge in [-0.3, -0.25) is 4.79 Å². The normalized spacial score (nSPS) is 10.9. The molecule has 0 spiro atoms. The van der Waals surface area contributed by atoms with Crippen LogP contribution in [0, 0.1) is 11.6 Å². The van der Waals surface area contributed by atoms with E-state index in [4.69, 9.17) is 11.6 Å². The van der Waals surface area contributed by atoms with Crippen molar-refractivity contribution in [1.82, 2.24) is 4.98 Å². The van der Waals surface area contributed by atoms with Gasteiger partial charge in [0.1, 0.15) is 11.6 Å². The lowest BCUT2D eigenvalue weighted by Crippen LogP contribution is -1.87. The molecule has 20 heavy (non-hydrogen) atoms. The molecule has 0 bridgehead atoms. The summed E-state index contributed by atoms with van der Waals surface area (Å²) < 4.78 is 27.1. The van der Waals surface area contributed by atoms with E-state index in [0.717, 1.165) is 12.1 Å². The van der Waals surface area contributed by atoms with Crippen LogP contribution in [0.3, 0.4) is 0 Å². The third kappa shape index (κ3) is 1.89. The maximum Gasteiger partial charge on any atom is 0.152 e. The molecule has 1 heterocycles. The molecule has 100 valence electrons. The van der Waals surface area contributed by atoms with E-state index in [0.29, 0.717) is 22.6 Å². The highest BCUT2D eigenvalue weighted by atomic mass is 35.5. The van der Waals surface area contributed by atoms with E-state index >= 15 is 0 Å². The fourth-order valence-corrected chi connectivity index (χ4v) is 2.50. The summed E-state index contributed by atoms with van der Waals surface area (Å²) in [5.41, 5.74) is 1.29. The minimum atomic E-state index is -0.781. The Kier molecular flexibility index (Phi) is 3.03. The van der Waals surface area contributed by atoms with E-state index in [-0.39, 0.29) is 16.5 Å². The lowest BCUT2D eigenvalue weighted by atomic mass is 10.1. The van der Waals surface area contributed by atoms with E-state index in [1.807, 2.05) is 0 Å². The molecule has 0 fully saturated rings. The molecule has 0 aliphatic heterocycles. The van der Waals surface area contributed by atoms with Gasteiger partial charge in [0.15, 0.2) is 6.29 Å². The van der Waals surface area contributed by atoms with Gasteiger partial charge in [-0.2, -0.15) is 0 Å². The van der Waals surface area contributed by atoms with Gasteiger partial charge in [0.05, 0.1) is 16.8 Å². The number of aromatic nitrogens is 1. The molecule has 1 N–H and O–H groups in total. The summed E-state index contributed by atoms with van der Waals surface area (Å²) in [6, 6.07) is 8.75. The lowest BCUT2D eigenvalue weighted by molar-refractivity contribution is 0.112. The summed E-state index contributed by atoms with van der Waals surface area (Å²) in [6.45, 7) is 0. The number of fused-ring (bicyclic) bond motifs is 1. The second-order valence-electron chi connectivity index (χ2n) is 4.32. The number of carbonyl (C=O) groups is 1. The van der Waals surface area contributed by atoms with Crippen molar-refractivity contribution in [3.05, 3.63) is 58.6 Å². The van der Waals surface area contributed by atoms with Crippen LogP contribution in [0.25, 0.3) is 22.2 Å². The molecular formula is C15H8ClF2NO. The molecule has 0 radical (unpaired) electrons. The van der Waals surface area contributed by atoms with Crippen molar-refractivity contribution < 1.29 is 13.6 Å². The molecule has 0 amide bonds. The molecule has 0 saturated heterocycles. The molecular weight excluding hydrogens is 284 g/mol. The second-order valence-corrected chi connectivity index (χ2v) is 4.73. The van der Waals surface area contributed by atoms with E-state index in [1.165, 1.54) is 0 Å². The Morgan fingerprint density at radius 2 is 1.90 bits per heavy atom. The van der Waals surface area contributed by atoms with Gasteiger partial charge in [0, 0.05) is 22.0 Å². The lowest BCUT2D eigenvalue weighted by Gasteiger charge is -2.02. The maximum atomic E-state index is 13.9. The van der Waals surface area contributed by atoms with Crippen LogP contribution in [-0.2, 0) is 0 Å². The molecule has 0 unspecified atom stereocenters. The van der Waals surface area contributed by atoms with Crippen LogP contribution in [0.5, 0.6) is 0 Å². The van der Waals surface area contributed by atoms with Gasteiger partial charge < -0.3 is 4.98 Å². The van der Waals surface area contributed by atoms with Crippen LogP contribution in [0.15, 0.2) is 36.4 Å². The first-order valence-electron chi connectivity index (χ1n) is 5.82. The van der Waals surface area contributed by atoms with Crippen molar-refractivity contribution >= 4 is 28.8 Å². The Morgan fingerprint density at radius 3 is 2.60 bits per heavy atom. The zero-order valence-electron chi connectivity index (χ0n) is 10.1. The van der Waals surface area contributed by atoms with E-state index in [9.17, 15) is 13.6 Å². The molecule has 3 rings (SSSR count). The first-order chi connectivity index (χ1) is 9.61. The largest absolute Gasteiger partial charge is 0.354 e. The van der Waals surface area contributed by atoms with E-state index < -0.39 is 11.6 Å². The molecule has 0 atom stereocenters. The van der Waals surface area contributed by atoms with Gasteiger partial charge in [-0.25, -0.2) is 8.78 Å². The number of rotatable bonds is 2. The molecule has 0 aliphatic rings. The zero-order chi connectivity index (χ0) is 14.3. The van der Waals surface area contributed by atoms with Crippen molar-refractivity contribution in [1.29, 1.82) is 0 Å². The number of nitrogens with one attached hydrogen (secondary N) is 1. The number of halogens is 3. The number of aldehydes is 1. The summed E-state index contributed by atoms with van der Waals surface area (Å²) in [5.74, 6) is -1.49. The highest BCUT2D eigenvalue weighted by Crippen LogP contribution is 2.34. The molecule has 0 aliphatic carbocycles. The third-order valence-electron chi connectivity index (χ3n) is 3.11. The first-order valence-corrected chi connectivity index (χ1v) is 6.20. The Balaban J connectivity index is 2.40. The summed E-state index contributed by atoms with van der Waals surface area (Å²) in [4.78, 5) is 14.2. The zero-order valence-corrected chi connectivity index (χ0v) is 10.8.